The van der Waals surface area contributed by atoms with Crippen molar-refractivity contribution >= 4 is 12.0 Å². The lowest BCUT2D eigenvalue weighted by Crippen LogP contribution is -2.50. The van der Waals surface area contributed by atoms with Crippen LogP contribution in [-0.4, -0.2) is 55.7 Å². The molecule has 2 rings (SSSR count). The molecule has 6 nitrogen and oxygen atoms in total. The molecule has 2 aliphatic heterocycles. The molecule has 0 bridgehead atoms. The maximum atomic E-state index is 12.4. The van der Waals surface area contributed by atoms with E-state index in [4.69, 9.17) is 4.74 Å². The summed E-state index contributed by atoms with van der Waals surface area (Å²) in [6, 6.07) is 0.0229. The van der Waals surface area contributed by atoms with Crippen LogP contribution in [0.25, 0.3) is 0 Å². The molecule has 0 spiro atoms. The maximum Gasteiger partial charge on any atom is 0.407 e. The average Bonchev–Trinajstić information content (AvgIpc) is 2.48. The molecule has 21 heavy (non-hydrogen) atoms. The molecule has 2 fully saturated rings. The lowest BCUT2D eigenvalue weighted by atomic mass is 9.93. The molecule has 2 heterocycles. The third kappa shape index (κ3) is 5.19. The number of hydrogen-bond donors (Lipinski definition) is 2. The molecule has 0 aromatic rings. The lowest BCUT2D eigenvalue weighted by molar-refractivity contribution is -0.133. The van der Waals surface area contributed by atoms with Crippen LogP contribution >= 0.6 is 0 Å². The summed E-state index contributed by atoms with van der Waals surface area (Å²) in [6.07, 6.45) is 4.29. The first kappa shape index (κ1) is 16.1. The molecule has 2 saturated heterocycles. The van der Waals surface area contributed by atoms with Crippen molar-refractivity contribution in [3.63, 3.8) is 0 Å². The number of likely N-dealkylation sites (tertiary alicyclic amines) is 1. The number of nitrogens with zero attached hydrogens (tertiary/aromatic N) is 1. The quantitative estimate of drug-likeness (QED) is 0.815. The Labute approximate surface area is 126 Å². The number of amides is 2. The predicted octanol–water partition coefficient (Wildman–Crippen LogP) is 1.11. The number of nitrogens with one attached hydrogen (secondary N) is 2. The number of carbonyl (C=O) groups is 2. The third-order valence-corrected chi connectivity index (χ3v) is 4.29. The SMILES string of the molecule is CCOC(=O)NC1CCCN(C(=O)CC2CCNCC2)C1. The van der Waals surface area contributed by atoms with E-state index in [1.807, 2.05) is 4.90 Å². The number of piperidine rings is 2. The van der Waals surface area contributed by atoms with E-state index in [0.717, 1.165) is 45.3 Å². The summed E-state index contributed by atoms with van der Waals surface area (Å²) in [5.41, 5.74) is 0. The molecule has 120 valence electrons. The first-order valence-corrected chi connectivity index (χ1v) is 8.10. The topological polar surface area (TPSA) is 70.7 Å². The van der Waals surface area contributed by atoms with Crippen LogP contribution in [0.2, 0.25) is 0 Å². The van der Waals surface area contributed by atoms with Crippen molar-refractivity contribution in [1.82, 2.24) is 15.5 Å². The van der Waals surface area contributed by atoms with Gasteiger partial charge in [-0.15, -0.1) is 0 Å². The van der Waals surface area contributed by atoms with Gasteiger partial charge in [-0.2, -0.15) is 0 Å². The van der Waals surface area contributed by atoms with Gasteiger partial charge in [0, 0.05) is 25.6 Å². The summed E-state index contributed by atoms with van der Waals surface area (Å²) in [5, 5.41) is 6.17. The zero-order valence-electron chi connectivity index (χ0n) is 12.9. The van der Waals surface area contributed by atoms with Gasteiger partial charge >= 0.3 is 6.09 Å². The Hall–Kier alpha value is -1.30. The fraction of sp³-hybridized carbons (Fsp3) is 0.867. The molecule has 1 atom stereocenters. The Morgan fingerprint density at radius 3 is 2.76 bits per heavy atom. The molecule has 1 unspecified atom stereocenters. The van der Waals surface area contributed by atoms with Crippen LogP contribution in [0.3, 0.4) is 0 Å². The fourth-order valence-corrected chi connectivity index (χ4v) is 3.12. The Morgan fingerprint density at radius 1 is 1.29 bits per heavy atom. The van der Waals surface area contributed by atoms with E-state index in [9.17, 15) is 9.59 Å². The van der Waals surface area contributed by atoms with Crippen LogP contribution < -0.4 is 10.6 Å². The largest absolute Gasteiger partial charge is 0.450 e. The first-order valence-electron chi connectivity index (χ1n) is 8.10. The second-order valence-corrected chi connectivity index (χ2v) is 5.94. The van der Waals surface area contributed by atoms with Crippen molar-refractivity contribution < 1.29 is 14.3 Å². The van der Waals surface area contributed by atoms with Gasteiger partial charge in [-0.1, -0.05) is 0 Å². The van der Waals surface area contributed by atoms with Crippen LogP contribution in [0.4, 0.5) is 4.79 Å². The van der Waals surface area contributed by atoms with Crippen LogP contribution in [0.15, 0.2) is 0 Å². The molecule has 0 aromatic heterocycles. The zero-order valence-corrected chi connectivity index (χ0v) is 12.9. The van der Waals surface area contributed by atoms with Gasteiger partial charge in [-0.3, -0.25) is 4.79 Å². The normalized spacial score (nSPS) is 23.7. The van der Waals surface area contributed by atoms with Gasteiger partial charge in [0.05, 0.1) is 6.61 Å². The highest BCUT2D eigenvalue weighted by atomic mass is 16.5. The molecule has 0 aromatic carbocycles. The third-order valence-electron chi connectivity index (χ3n) is 4.29. The summed E-state index contributed by atoms with van der Waals surface area (Å²) < 4.78 is 4.90. The van der Waals surface area contributed by atoms with E-state index in [2.05, 4.69) is 10.6 Å². The summed E-state index contributed by atoms with van der Waals surface area (Å²) in [4.78, 5) is 25.8. The maximum absolute atomic E-state index is 12.4. The fourth-order valence-electron chi connectivity index (χ4n) is 3.12. The van der Waals surface area contributed by atoms with Gasteiger partial charge in [0.25, 0.3) is 0 Å². The molecule has 2 aliphatic rings. The van der Waals surface area contributed by atoms with E-state index in [1.165, 1.54) is 0 Å². The van der Waals surface area contributed by atoms with E-state index in [-0.39, 0.29) is 18.0 Å². The van der Waals surface area contributed by atoms with Crippen molar-refractivity contribution in [2.75, 3.05) is 32.8 Å². The number of hydrogen-bond acceptors (Lipinski definition) is 4. The summed E-state index contributed by atoms with van der Waals surface area (Å²) in [7, 11) is 0. The smallest absolute Gasteiger partial charge is 0.407 e. The van der Waals surface area contributed by atoms with Crippen LogP contribution in [-0.2, 0) is 9.53 Å². The minimum Gasteiger partial charge on any atom is -0.450 e. The Morgan fingerprint density at radius 2 is 2.05 bits per heavy atom. The monoisotopic (exact) mass is 297 g/mol. The summed E-state index contributed by atoms with van der Waals surface area (Å²) in [6.45, 7) is 5.62. The minimum atomic E-state index is -0.379. The molecular formula is C15H27N3O3. The van der Waals surface area contributed by atoms with Gasteiger partial charge in [-0.25, -0.2) is 4.79 Å². The highest BCUT2D eigenvalue weighted by molar-refractivity contribution is 5.76. The van der Waals surface area contributed by atoms with Gasteiger partial charge in [0.2, 0.25) is 5.91 Å². The van der Waals surface area contributed by atoms with Crippen LogP contribution in [0.1, 0.15) is 39.0 Å². The van der Waals surface area contributed by atoms with Gasteiger partial charge in [-0.05, 0) is 51.6 Å². The standard InChI is InChI=1S/C15H27N3O3/c1-2-21-15(20)17-13-4-3-9-18(11-13)14(19)10-12-5-7-16-8-6-12/h12-13,16H,2-11H2,1H3,(H,17,20). The zero-order chi connectivity index (χ0) is 15.1. The van der Waals surface area contributed by atoms with E-state index < -0.39 is 0 Å². The highest BCUT2D eigenvalue weighted by Gasteiger charge is 2.27. The van der Waals surface area contributed by atoms with Gasteiger partial charge in [0.15, 0.2) is 0 Å². The Bertz CT molecular complexity index is 356. The van der Waals surface area contributed by atoms with Crippen molar-refractivity contribution in [2.24, 2.45) is 5.92 Å². The van der Waals surface area contributed by atoms with Crippen molar-refractivity contribution in [2.45, 2.75) is 45.1 Å². The van der Waals surface area contributed by atoms with Crippen molar-refractivity contribution in [1.29, 1.82) is 0 Å². The Kier molecular flexibility index (Phi) is 6.29. The molecule has 2 N–H and O–H groups in total. The summed E-state index contributed by atoms with van der Waals surface area (Å²) in [5.74, 6) is 0.745. The molecular weight excluding hydrogens is 270 g/mol. The molecule has 2 amide bonds. The van der Waals surface area contributed by atoms with Gasteiger partial charge in [0.1, 0.15) is 0 Å². The number of rotatable bonds is 4. The second-order valence-electron chi connectivity index (χ2n) is 5.94. The van der Waals surface area contributed by atoms with Gasteiger partial charge < -0.3 is 20.3 Å². The number of carbonyl (C=O) groups excluding carboxylic acids is 2. The van der Waals surface area contributed by atoms with E-state index in [1.54, 1.807) is 6.92 Å². The molecule has 6 heteroatoms. The van der Waals surface area contributed by atoms with E-state index in [0.29, 0.717) is 25.5 Å². The van der Waals surface area contributed by atoms with E-state index >= 15 is 0 Å². The van der Waals surface area contributed by atoms with Crippen LogP contribution in [0, 0.1) is 5.92 Å². The number of ether oxygens (including phenoxy) is 1. The van der Waals surface area contributed by atoms with Crippen molar-refractivity contribution in [3.05, 3.63) is 0 Å². The average molecular weight is 297 g/mol. The minimum absolute atomic E-state index is 0.0229. The number of alkyl carbamates (subject to hydrolysis) is 1. The predicted molar refractivity (Wildman–Crippen MR) is 80.0 cm³/mol. The second kappa shape index (κ2) is 8.22. The molecule has 0 saturated carbocycles. The Balaban J connectivity index is 1.76. The molecule has 0 radical (unpaired) electrons. The van der Waals surface area contributed by atoms with Crippen molar-refractivity contribution in [3.8, 4) is 0 Å². The highest BCUT2D eigenvalue weighted by Crippen LogP contribution is 2.19. The summed E-state index contributed by atoms with van der Waals surface area (Å²) >= 11 is 0. The van der Waals surface area contributed by atoms with Crippen LogP contribution in [0.5, 0.6) is 0 Å². The lowest BCUT2D eigenvalue weighted by Gasteiger charge is -2.34. The first-order chi connectivity index (χ1) is 10.2. The molecule has 0 aliphatic carbocycles.